The number of likely N-dealkylation sites (tertiary alicyclic amines) is 1. The SMILES string of the molecule is CC(N)c1cccc(NC(=O)N2CCC(N(C)C)C2)c1. The van der Waals surface area contributed by atoms with Crippen molar-refractivity contribution in [2.24, 2.45) is 5.73 Å². The Bertz CT molecular complexity index is 473. The van der Waals surface area contributed by atoms with Gasteiger partial charge in [0.05, 0.1) is 0 Å². The quantitative estimate of drug-likeness (QED) is 0.886. The van der Waals surface area contributed by atoms with Crippen molar-refractivity contribution in [1.29, 1.82) is 0 Å². The second-order valence-electron chi connectivity index (χ2n) is 5.70. The molecule has 1 saturated heterocycles. The Morgan fingerprint density at radius 3 is 2.85 bits per heavy atom. The van der Waals surface area contributed by atoms with E-state index < -0.39 is 0 Å². The number of carbonyl (C=O) groups is 1. The summed E-state index contributed by atoms with van der Waals surface area (Å²) in [6.07, 6.45) is 1.03. The molecule has 0 bridgehead atoms. The first-order valence-electron chi connectivity index (χ1n) is 7.05. The Labute approximate surface area is 120 Å². The van der Waals surface area contributed by atoms with Gasteiger partial charge in [0, 0.05) is 30.9 Å². The summed E-state index contributed by atoms with van der Waals surface area (Å²) in [4.78, 5) is 16.3. The van der Waals surface area contributed by atoms with E-state index in [1.807, 2.05) is 36.1 Å². The molecule has 1 heterocycles. The average molecular weight is 276 g/mol. The normalized spacial score (nSPS) is 20.2. The van der Waals surface area contributed by atoms with Gasteiger partial charge in [0.25, 0.3) is 0 Å². The van der Waals surface area contributed by atoms with E-state index in [2.05, 4.69) is 24.3 Å². The van der Waals surface area contributed by atoms with Crippen LogP contribution in [0.15, 0.2) is 24.3 Å². The van der Waals surface area contributed by atoms with Gasteiger partial charge in [0.2, 0.25) is 0 Å². The molecule has 0 radical (unpaired) electrons. The maximum absolute atomic E-state index is 12.2. The third kappa shape index (κ3) is 3.49. The fourth-order valence-corrected chi connectivity index (χ4v) is 2.45. The zero-order valence-corrected chi connectivity index (χ0v) is 12.5. The van der Waals surface area contributed by atoms with Crippen LogP contribution in [0.25, 0.3) is 0 Å². The predicted molar refractivity (Wildman–Crippen MR) is 81.7 cm³/mol. The van der Waals surface area contributed by atoms with E-state index in [-0.39, 0.29) is 12.1 Å². The third-order valence-corrected chi connectivity index (χ3v) is 3.84. The van der Waals surface area contributed by atoms with Crippen molar-refractivity contribution in [3.63, 3.8) is 0 Å². The van der Waals surface area contributed by atoms with Crippen LogP contribution in [0, 0.1) is 0 Å². The van der Waals surface area contributed by atoms with Crippen molar-refractivity contribution in [3.8, 4) is 0 Å². The largest absolute Gasteiger partial charge is 0.324 e. The molecule has 110 valence electrons. The Morgan fingerprint density at radius 1 is 1.50 bits per heavy atom. The molecule has 5 heteroatoms. The van der Waals surface area contributed by atoms with E-state index in [0.717, 1.165) is 30.8 Å². The van der Waals surface area contributed by atoms with Crippen LogP contribution in [-0.2, 0) is 0 Å². The summed E-state index contributed by atoms with van der Waals surface area (Å²) in [5.41, 5.74) is 7.69. The molecule has 0 saturated carbocycles. The lowest BCUT2D eigenvalue weighted by atomic mass is 10.1. The summed E-state index contributed by atoms with van der Waals surface area (Å²) >= 11 is 0. The summed E-state index contributed by atoms with van der Waals surface area (Å²) < 4.78 is 0. The maximum atomic E-state index is 12.2. The molecular formula is C15H24N4O. The predicted octanol–water partition coefficient (Wildman–Crippen LogP) is 1.87. The molecule has 2 unspecified atom stereocenters. The molecule has 20 heavy (non-hydrogen) atoms. The monoisotopic (exact) mass is 276 g/mol. The zero-order chi connectivity index (χ0) is 14.7. The van der Waals surface area contributed by atoms with Crippen LogP contribution in [0.3, 0.4) is 0 Å². The lowest BCUT2D eigenvalue weighted by Crippen LogP contribution is -2.36. The van der Waals surface area contributed by atoms with Gasteiger partial charge < -0.3 is 20.9 Å². The Hall–Kier alpha value is -1.59. The molecule has 0 aromatic heterocycles. The lowest BCUT2D eigenvalue weighted by Gasteiger charge is -2.21. The number of likely N-dealkylation sites (N-methyl/N-ethyl adjacent to an activating group) is 1. The van der Waals surface area contributed by atoms with Crippen molar-refractivity contribution < 1.29 is 4.79 Å². The number of amides is 2. The molecule has 2 amide bonds. The fraction of sp³-hybridized carbons (Fsp3) is 0.533. The molecule has 1 aromatic rings. The van der Waals surface area contributed by atoms with Crippen LogP contribution in [-0.4, -0.2) is 49.1 Å². The van der Waals surface area contributed by atoms with Crippen LogP contribution < -0.4 is 11.1 Å². The highest BCUT2D eigenvalue weighted by Crippen LogP contribution is 2.18. The molecule has 0 aliphatic carbocycles. The molecule has 5 nitrogen and oxygen atoms in total. The van der Waals surface area contributed by atoms with Crippen molar-refractivity contribution >= 4 is 11.7 Å². The lowest BCUT2D eigenvalue weighted by molar-refractivity contribution is 0.216. The second-order valence-corrected chi connectivity index (χ2v) is 5.70. The van der Waals surface area contributed by atoms with E-state index in [4.69, 9.17) is 5.73 Å². The number of rotatable bonds is 3. The fourth-order valence-electron chi connectivity index (χ4n) is 2.45. The zero-order valence-electron chi connectivity index (χ0n) is 12.5. The van der Waals surface area contributed by atoms with E-state index >= 15 is 0 Å². The summed E-state index contributed by atoms with van der Waals surface area (Å²) in [6, 6.07) is 8.11. The first-order valence-corrected chi connectivity index (χ1v) is 7.05. The van der Waals surface area contributed by atoms with Gasteiger partial charge in [0.1, 0.15) is 0 Å². The third-order valence-electron chi connectivity index (χ3n) is 3.84. The van der Waals surface area contributed by atoms with Gasteiger partial charge in [-0.1, -0.05) is 12.1 Å². The molecule has 1 aromatic carbocycles. The van der Waals surface area contributed by atoms with E-state index in [1.54, 1.807) is 0 Å². The van der Waals surface area contributed by atoms with Crippen molar-refractivity contribution in [2.75, 3.05) is 32.5 Å². The van der Waals surface area contributed by atoms with Gasteiger partial charge in [-0.25, -0.2) is 4.79 Å². The van der Waals surface area contributed by atoms with Gasteiger partial charge >= 0.3 is 6.03 Å². The Balaban J connectivity index is 1.97. The number of urea groups is 1. The highest BCUT2D eigenvalue weighted by atomic mass is 16.2. The van der Waals surface area contributed by atoms with E-state index in [9.17, 15) is 4.79 Å². The summed E-state index contributed by atoms with van der Waals surface area (Å²) in [6.45, 7) is 3.52. The van der Waals surface area contributed by atoms with Crippen LogP contribution in [0.2, 0.25) is 0 Å². The molecule has 1 aliphatic heterocycles. The van der Waals surface area contributed by atoms with Gasteiger partial charge in [-0.3, -0.25) is 0 Å². The number of nitrogens with two attached hydrogens (primary N) is 1. The van der Waals surface area contributed by atoms with Gasteiger partial charge in [-0.05, 0) is 45.1 Å². The van der Waals surface area contributed by atoms with Crippen LogP contribution >= 0.6 is 0 Å². The van der Waals surface area contributed by atoms with Crippen molar-refractivity contribution in [2.45, 2.75) is 25.4 Å². The summed E-state index contributed by atoms with van der Waals surface area (Å²) in [7, 11) is 4.11. The Kier molecular flexibility index (Phi) is 4.62. The van der Waals surface area contributed by atoms with Crippen LogP contribution in [0.4, 0.5) is 10.5 Å². The minimum Gasteiger partial charge on any atom is -0.324 e. The highest BCUT2D eigenvalue weighted by molar-refractivity contribution is 5.89. The van der Waals surface area contributed by atoms with Crippen LogP contribution in [0.1, 0.15) is 24.9 Å². The molecule has 2 rings (SSSR count). The standard InChI is InChI=1S/C15H24N4O/c1-11(16)12-5-4-6-13(9-12)17-15(20)19-8-7-14(10-19)18(2)3/h4-6,9,11,14H,7-8,10,16H2,1-3H3,(H,17,20). The number of hydrogen-bond donors (Lipinski definition) is 2. The topological polar surface area (TPSA) is 61.6 Å². The summed E-state index contributed by atoms with van der Waals surface area (Å²) in [5, 5.41) is 2.95. The van der Waals surface area contributed by atoms with Gasteiger partial charge in [-0.15, -0.1) is 0 Å². The number of carbonyl (C=O) groups excluding carboxylic acids is 1. The molecule has 0 spiro atoms. The first kappa shape index (κ1) is 14.8. The van der Waals surface area contributed by atoms with E-state index in [1.165, 1.54) is 0 Å². The smallest absolute Gasteiger partial charge is 0.321 e. The average Bonchev–Trinajstić information content (AvgIpc) is 2.88. The second kappa shape index (κ2) is 6.24. The van der Waals surface area contributed by atoms with Gasteiger partial charge in [-0.2, -0.15) is 0 Å². The number of hydrogen-bond acceptors (Lipinski definition) is 3. The van der Waals surface area contributed by atoms with Crippen molar-refractivity contribution in [3.05, 3.63) is 29.8 Å². The minimum atomic E-state index is -0.0313. The highest BCUT2D eigenvalue weighted by Gasteiger charge is 2.27. The molecule has 2 atom stereocenters. The molecule has 3 N–H and O–H groups in total. The number of anilines is 1. The van der Waals surface area contributed by atoms with Crippen LogP contribution in [0.5, 0.6) is 0 Å². The van der Waals surface area contributed by atoms with Crippen molar-refractivity contribution in [1.82, 2.24) is 9.80 Å². The maximum Gasteiger partial charge on any atom is 0.321 e. The first-order chi connectivity index (χ1) is 9.47. The molecular weight excluding hydrogens is 252 g/mol. The van der Waals surface area contributed by atoms with Gasteiger partial charge in [0.15, 0.2) is 0 Å². The molecule has 1 aliphatic rings. The number of benzene rings is 1. The number of nitrogens with one attached hydrogen (secondary N) is 1. The van der Waals surface area contributed by atoms with E-state index in [0.29, 0.717) is 6.04 Å². The number of nitrogens with zero attached hydrogens (tertiary/aromatic N) is 2. The summed E-state index contributed by atoms with van der Waals surface area (Å²) in [5.74, 6) is 0. The molecule has 1 fully saturated rings. The minimum absolute atomic E-state index is 0.0308. The Morgan fingerprint density at radius 2 is 2.25 bits per heavy atom.